The number of hydrogen-bond donors (Lipinski definition) is 1. The zero-order valence-electron chi connectivity index (χ0n) is 16.0. The molecule has 3 rings (SSSR count). The lowest BCUT2D eigenvalue weighted by atomic mass is 9.87. The number of ether oxygens (including phenoxy) is 2. The van der Waals surface area contributed by atoms with Gasteiger partial charge in [-0.25, -0.2) is 15.0 Å². The van der Waals surface area contributed by atoms with Gasteiger partial charge >= 0.3 is 0 Å². The summed E-state index contributed by atoms with van der Waals surface area (Å²) in [6, 6.07) is 0. The van der Waals surface area contributed by atoms with E-state index < -0.39 is 0 Å². The van der Waals surface area contributed by atoms with Crippen LogP contribution in [0.5, 0.6) is 0 Å². The van der Waals surface area contributed by atoms with E-state index >= 15 is 0 Å². The normalized spacial score (nSPS) is 25.0. The number of nitrogen functional groups attached to an aromatic ring is 1. The van der Waals surface area contributed by atoms with E-state index in [1.54, 1.807) is 6.33 Å². The predicted molar refractivity (Wildman–Crippen MR) is 97.0 cm³/mol. The maximum atomic E-state index is 6.39. The molecule has 1 unspecified atom stereocenters. The van der Waals surface area contributed by atoms with Crippen LogP contribution < -0.4 is 5.73 Å². The fourth-order valence-corrected chi connectivity index (χ4v) is 3.32. The van der Waals surface area contributed by atoms with Gasteiger partial charge in [-0.1, -0.05) is 20.8 Å². The monoisotopic (exact) mass is 347 g/mol. The molecule has 0 amide bonds. The topological polar surface area (TPSA) is 88.1 Å². The summed E-state index contributed by atoms with van der Waals surface area (Å²) < 4.78 is 14.6. The van der Waals surface area contributed by atoms with Gasteiger partial charge in [-0.2, -0.15) is 0 Å². The number of hydrogen-bond acceptors (Lipinski definition) is 6. The smallest absolute Gasteiger partial charge is 0.167 e. The van der Waals surface area contributed by atoms with Crippen LogP contribution in [-0.2, 0) is 9.47 Å². The Morgan fingerprint density at radius 1 is 1.20 bits per heavy atom. The minimum Gasteiger partial charge on any atom is -0.382 e. The Labute approximate surface area is 148 Å². The number of anilines is 1. The Morgan fingerprint density at radius 3 is 2.56 bits per heavy atom. The maximum absolute atomic E-state index is 6.39. The van der Waals surface area contributed by atoms with Crippen LogP contribution in [0, 0.1) is 5.41 Å². The van der Waals surface area contributed by atoms with Crippen LogP contribution in [0.25, 0.3) is 11.2 Å². The second kappa shape index (κ2) is 6.21. The summed E-state index contributed by atoms with van der Waals surface area (Å²) in [5.41, 5.74) is 7.14. The highest BCUT2D eigenvalue weighted by Gasteiger charge is 2.41. The van der Waals surface area contributed by atoms with Crippen molar-refractivity contribution < 1.29 is 9.47 Å². The largest absolute Gasteiger partial charge is 0.382 e. The van der Waals surface area contributed by atoms with E-state index in [0.29, 0.717) is 17.0 Å². The molecule has 2 N–H and O–H groups in total. The summed E-state index contributed by atoms with van der Waals surface area (Å²) >= 11 is 0. The summed E-state index contributed by atoms with van der Waals surface area (Å²) in [4.78, 5) is 12.7. The number of aromatic nitrogens is 4. The highest BCUT2D eigenvalue weighted by molar-refractivity contribution is 5.81. The summed E-state index contributed by atoms with van der Waals surface area (Å²) in [5, 5.41) is 0. The molecule has 1 saturated heterocycles. The number of fused-ring (bicyclic) bond motifs is 1. The minimum absolute atomic E-state index is 0.0286. The molecule has 2 aromatic heterocycles. The zero-order valence-corrected chi connectivity index (χ0v) is 16.0. The van der Waals surface area contributed by atoms with Crippen molar-refractivity contribution in [2.75, 3.05) is 5.73 Å². The van der Waals surface area contributed by atoms with Gasteiger partial charge in [-0.15, -0.1) is 0 Å². The molecule has 1 aliphatic rings. The van der Waals surface area contributed by atoms with Gasteiger partial charge in [-0.05, 0) is 32.6 Å². The molecular formula is C18H29N5O2. The van der Waals surface area contributed by atoms with Crippen LogP contribution >= 0.6 is 0 Å². The van der Waals surface area contributed by atoms with Gasteiger partial charge in [0.15, 0.2) is 11.5 Å². The zero-order chi connectivity index (χ0) is 18.4. The van der Waals surface area contributed by atoms with Crippen LogP contribution in [0.2, 0.25) is 0 Å². The average Bonchev–Trinajstić information content (AvgIpc) is 3.01. The van der Waals surface area contributed by atoms with Crippen LogP contribution in [0.15, 0.2) is 12.7 Å². The molecule has 0 spiro atoms. The first kappa shape index (κ1) is 18.1. The van der Waals surface area contributed by atoms with Crippen molar-refractivity contribution in [2.24, 2.45) is 5.41 Å². The minimum atomic E-state index is -0.220. The number of nitrogens with two attached hydrogens (primary N) is 1. The van der Waals surface area contributed by atoms with Gasteiger partial charge in [0.1, 0.15) is 18.1 Å². The fourth-order valence-electron chi connectivity index (χ4n) is 3.32. The molecule has 1 fully saturated rings. The second-order valence-corrected chi connectivity index (χ2v) is 8.98. The summed E-state index contributed by atoms with van der Waals surface area (Å²) in [6.07, 6.45) is 4.76. The maximum Gasteiger partial charge on any atom is 0.167 e. The highest BCUT2D eigenvalue weighted by atomic mass is 16.6. The van der Waals surface area contributed by atoms with Crippen molar-refractivity contribution in [1.29, 1.82) is 0 Å². The first-order chi connectivity index (χ1) is 11.5. The summed E-state index contributed by atoms with van der Waals surface area (Å²) in [6.45, 7) is 12.9. The molecule has 1 aliphatic heterocycles. The van der Waals surface area contributed by atoms with Gasteiger partial charge in [0, 0.05) is 6.42 Å². The van der Waals surface area contributed by atoms with Crippen LogP contribution in [0.1, 0.15) is 60.6 Å². The van der Waals surface area contributed by atoms with E-state index in [2.05, 4.69) is 56.5 Å². The molecule has 3 heterocycles. The Balaban J connectivity index is 1.88. The van der Waals surface area contributed by atoms with Crippen molar-refractivity contribution in [3.05, 3.63) is 12.7 Å². The summed E-state index contributed by atoms with van der Waals surface area (Å²) in [7, 11) is 0. The number of rotatable bonds is 3. The van der Waals surface area contributed by atoms with Crippen molar-refractivity contribution in [2.45, 2.75) is 78.4 Å². The van der Waals surface area contributed by atoms with E-state index in [0.717, 1.165) is 12.8 Å². The third-order valence-corrected chi connectivity index (χ3v) is 4.20. The van der Waals surface area contributed by atoms with E-state index in [-0.39, 0.29) is 29.5 Å². The quantitative estimate of drug-likeness (QED) is 0.916. The second-order valence-electron chi connectivity index (χ2n) is 8.98. The Bertz CT molecular complexity index is 720. The van der Waals surface area contributed by atoms with Gasteiger partial charge in [0.2, 0.25) is 0 Å². The van der Waals surface area contributed by atoms with Crippen LogP contribution in [-0.4, -0.2) is 37.3 Å². The Hall–Kier alpha value is -1.73. The standard InChI is InChI=1S/C18H29N5O2/c1-17(2,3)8-12-11(25-18(4,5)6)7-13(24-12)23-10-22-14-15(19)20-9-21-16(14)23/h9-13H,7-8H2,1-6H3,(H2,19,20,21)/t11?,12-,13-/m1/s1. The van der Waals surface area contributed by atoms with Crippen molar-refractivity contribution >= 4 is 17.0 Å². The molecule has 25 heavy (non-hydrogen) atoms. The molecule has 0 bridgehead atoms. The molecular weight excluding hydrogens is 318 g/mol. The predicted octanol–water partition coefficient (Wildman–Crippen LogP) is 3.32. The molecule has 7 nitrogen and oxygen atoms in total. The third-order valence-electron chi connectivity index (χ3n) is 4.20. The SMILES string of the molecule is CC(C)(C)C[C@H]1O[C@@H](n2cnc3c(N)ncnc32)CC1OC(C)(C)C. The van der Waals surface area contributed by atoms with Gasteiger partial charge in [0.05, 0.1) is 24.1 Å². The van der Waals surface area contributed by atoms with Crippen LogP contribution in [0.4, 0.5) is 5.82 Å². The van der Waals surface area contributed by atoms with E-state index in [1.165, 1.54) is 6.33 Å². The molecule has 0 aromatic carbocycles. The van der Waals surface area contributed by atoms with Gasteiger partial charge in [0.25, 0.3) is 0 Å². The van der Waals surface area contributed by atoms with Crippen molar-refractivity contribution in [1.82, 2.24) is 19.5 Å². The average molecular weight is 347 g/mol. The van der Waals surface area contributed by atoms with E-state index in [1.807, 2.05) is 4.57 Å². The van der Waals surface area contributed by atoms with E-state index in [9.17, 15) is 0 Å². The first-order valence-corrected chi connectivity index (χ1v) is 8.80. The lowest BCUT2D eigenvalue weighted by Crippen LogP contribution is -2.35. The third kappa shape index (κ3) is 4.10. The molecule has 0 aliphatic carbocycles. The first-order valence-electron chi connectivity index (χ1n) is 8.80. The summed E-state index contributed by atoms with van der Waals surface area (Å²) in [5.74, 6) is 0.385. The van der Waals surface area contributed by atoms with Gasteiger partial charge in [-0.3, -0.25) is 4.57 Å². The fraction of sp³-hybridized carbons (Fsp3) is 0.722. The molecule has 0 radical (unpaired) electrons. The van der Waals surface area contributed by atoms with Crippen molar-refractivity contribution in [3.8, 4) is 0 Å². The number of nitrogens with zero attached hydrogens (tertiary/aromatic N) is 4. The highest BCUT2D eigenvalue weighted by Crippen LogP contribution is 2.39. The molecule has 0 saturated carbocycles. The Kier molecular flexibility index (Phi) is 4.49. The molecule has 2 aromatic rings. The number of imidazole rings is 1. The molecule has 138 valence electrons. The molecule has 7 heteroatoms. The Morgan fingerprint density at radius 2 is 1.92 bits per heavy atom. The van der Waals surface area contributed by atoms with Gasteiger partial charge < -0.3 is 15.2 Å². The van der Waals surface area contributed by atoms with E-state index in [4.69, 9.17) is 15.2 Å². The lowest BCUT2D eigenvalue weighted by molar-refractivity contribution is -0.102. The van der Waals surface area contributed by atoms with Crippen LogP contribution in [0.3, 0.4) is 0 Å². The molecule has 3 atom stereocenters. The lowest BCUT2D eigenvalue weighted by Gasteiger charge is -2.31. The van der Waals surface area contributed by atoms with Crippen molar-refractivity contribution in [3.63, 3.8) is 0 Å².